The average molecular weight is 275 g/mol. The summed E-state index contributed by atoms with van der Waals surface area (Å²) in [6.45, 7) is 0. The summed E-state index contributed by atoms with van der Waals surface area (Å²) in [4.78, 5) is 4.47. The van der Waals surface area contributed by atoms with Crippen molar-refractivity contribution in [3.63, 3.8) is 0 Å². The first-order valence-corrected chi connectivity index (χ1v) is 7.14. The maximum atomic E-state index is 6.09. The van der Waals surface area contributed by atoms with Crippen LogP contribution >= 0.6 is 11.6 Å². The van der Waals surface area contributed by atoms with Crippen molar-refractivity contribution in [3.8, 4) is 0 Å². The SMILES string of the molecule is Clc1ccc2ccnc(N[C@@H]3C[C@@H]4CC[C@H]3O4)c2c1. The number of halogens is 1. The quantitative estimate of drug-likeness (QED) is 0.908. The summed E-state index contributed by atoms with van der Waals surface area (Å²) in [5.74, 6) is 0.918. The Morgan fingerprint density at radius 3 is 3.00 bits per heavy atom. The normalized spacial score (nSPS) is 29.0. The molecule has 0 radical (unpaired) electrons. The minimum Gasteiger partial charge on any atom is -0.373 e. The molecule has 3 nitrogen and oxygen atoms in total. The maximum absolute atomic E-state index is 6.09. The van der Waals surface area contributed by atoms with Crippen LogP contribution in [0.25, 0.3) is 10.8 Å². The van der Waals surface area contributed by atoms with Crippen molar-refractivity contribution < 1.29 is 4.74 Å². The zero-order chi connectivity index (χ0) is 12.8. The van der Waals surface area contributed by atoms with Crippen molar-refractivity contribution in [2.75, 3.05) is 5.32 Å². The van der Waals surface area contributed by atoms with E-state index in [4.69, 9.17) is 16.3 Å². The van der Waals surface area contributed by atoms with Gasteiger partial charge < -0.3 is 10.1 Å². The van der Waals surface area contributed by atoms with Crippen molar-refractivity contribution in [1.29, 1.82) is 0 Å². The number of fused-ring (bicyclic) bond motifs is 3. The summed E-state index contributed by atoms with van der Waals surface area (Å²) in [6, 6.07) is 8.31. The topological polar surface area (TPSA) is 34.2 Å². The molecule has 2 saturated heterocycles. The number of ether oxygens (including phenoxy) is 1. The van der Waals surface area contributed by atoms with Gasteiger partial charge in [-0.3, -0.25) is 0 Å². The van der Waals surface area contributed by atoms with Gasteiger partial charge in [-0.05, 0) is 42.8 Å². The van der Waals surface area contributed by atoms with Crippen LogP contribution < -0.4 is 5.32 Å². The average Bonchev–Trinajstić information content (AvgIpc) is 3.02. The lowest BCUT2D eigenvalue weighted by Gasteiger charge is -2.21. The van der Waals surface area contributed by atoms with Crippen LogP contribution in [0.5, 0.6) is 0 Å². The molecule has 0 unspecified atom stereocenters. The molecule has 1 N–H and O–H groups in total. The van der Waals surface area contributed by atoms with Gasteiger partial charge >= 0.3 is 0 Å². The van der Waals surface area contributed by atoms with Crippen LogP contribution in [-0.4, -0.2) is 23.2 Å². The molecule has 0 amide bonds. The highest BCUT2D eigenvalue weighted by atomic mass is 35.5. The van der Waals surface area contributed by atoms with E-state index in [9.17, 15) is 0 Å². The number of rotatable bonds is 2. The Balaban J connectivity index is 1.69. The minimum absolute atomic E-state index is 0.348. The van der Waals surface area contributed by atoms with E-state index in [1.807, 2.05) is 30.5 Å². The van der Waals surface area contributed by atoms with Gasteiger partial charge in [-0.25, -0.2) is 4.98 Å². The van der Waals surface area contributed by atoms with Gasteiger partial charge in [-0.2, -0.15) is 0 Å². The molecule has 2 aliphatic rings. The Morgan fingerprint density at radius 2 is 2.21 bits per heavy atom. The summed E-state index contributed by atoms with van der Waals surface area (Å²) < 4.78 is 5.88. The summed E-state index contributed by atoms with van der Waals surface area (Å²) >= 11 is 6.09. The lowest BCUT2D eigenvalue weighted by Crippen LogP contribution is -2.30. The third-order valence-electron chi connectivity index (χ3n) is 4.16. The lowest BCUT2D eigenvalue weighted by molar-refractivity contribution is 0.102. The summed E-state index contributed by atoms with van der Waals surface area (Å²) in [5.41, 5.74) is 0. The monoisotopic (exact) mass is 274 g/mol. The zero-order valence-electron chi connectivity index (χ0n) is 10.5. The fourth-order valence-electron chi connectivity index (χ4n) is 3.22. The van der Waals surface area contributed by atoms with Crippen LogP contribution in [0.15, 0.2) is 30.5 Å². The standard InChI is InChI=1S/C15H15ClN2O/c16-10-2-1-9-5-6-17-15(12(9)7-10)18-13-8-11-3-4-14(13)19-11/h1-2,5-7,11,13-14H,3-4,8H2,(H,17,18)/t11-,13+,14+/m0/s1. The van der Waals surface area contributed by atoms with Crippen molar-refractivity contribution in [2.45, 2.75) is 37.5 Å². The molecular formula is C15H15ClN2O. The van der Waals surface area contributed by atoms with Gasteiger partial charge in [-0.1, -0.05) is 17.7 Å². The number of nitrogens with zero attached hydrogens (tertiary/aromatic N) is 1. The van der Waals surface area contributed by atoms with Crippen LogP contribution in [0.1, 0.15) is 19.3 Å². The van der Waals surface area contributed by atoms with E-state index in [0.717, 1.165) is 34.5 Å². The first-order chi connectivity index (χ1) is 9.29. The van der Waals surface area contributed by atoms with E-state index in [-0.39, 0.29) is 0 Å². The molecule has 4 rings (SSSR count). The van der Waals surface area contributed by atoms with Crippen molar-refractivity contribution in [2.24, 2.45) is 0 Å². The molecule has 19 heavy (non-hydrogen) atoms. The molecule has 2 aliphatic heterocycles. The van der Waals surface area contributed by atoms with Crippen molar-refractivity contribution in [3.05, 3.63) is 35.5 Å². The highest BCUT2D eigenvalue weighted by Crippen LogP contribution is 2.36. The molecule has 1 aromatic carbocycles. The Morgan fingerprint density at radius 1 is 1.26 bits per heavy atom. The van der Waals surface area contributed by atoms with Crippen LogP contribution in [0.4, 0.5) is 5.82 Å². The van der Waals surface area contributed by atoms with Gasteiger partial charge in [0.25, 0.3) is 0 Å². The molecule has 3 atom stereocenters. The number of anilines is 1. The number of pyridine rings is 1. The van der Waals surface area contributed by atoms with Gasteiger partial charge in [0.2, 0.25) is 0 Å². The molecule has 4 heteroatoms. The third-order valence-corrected chi connectivity index (χ3v) is 4.39. The van der Waals surface area contributed by atoms with Gasteiger partial charge in [0.15, 0.2) is 0 Å². The second-order valence-electron chi connectivity index (χ2n) is 5.39. The molecule has 2 fully saturated rings. The van der Waals surface area contributed by atoms with E-state index in [2.05, 4.69) is 10.3 Å². The molecule has 1 aromatic heterocycles. The van der Waals surface area contributed by atoms with Crippen LogP contribution in [0.2, 0.25) is 5.02 Å². The molecule has 3 heterocycles. The van der Waals surface area contributed by atoms with E-state index in [1.54, 1.807) is 0 Å². The van der Waals surface area contributed by atoms with E-state index in [1.165, 1.54) is 6.42 Å². The highest BCUT2D eigenvalue weighted by Gasteiger charge is 2.40. The smallest absolute Gasteiger partial charge is 0.134 e. The molecule has 0 aliphatic carbocycles. The van der Waals surface area contributed by atoms with Gasteiger partial charge in [0, 0.05) is 16.6 Å². The van der Waals surface area contributed by atoms with Gasteiger partial charge in [-0.15, -0.1) is 0 Å². The fraction of sp³-hybridized carbons (Fsp3) is 0.400. The zero-order valence-corrected chi connectivity index (χ0v) is 11.2. The Labute approximate surface area is 116 Å². The Hall–Kier alpha value is -1.32. The van der Waals surface area contributed by atoms with Gasteiger partial charge in [0.05, 0.1) is 18.2 Å². The molecule has 0 spiro atoms. The van der Waals surface area contributed by atoms with E-state index in [0.29, 0.717) is 18.2 Å². The summed E-state index contributed by atoms with van der Waals surface area (Å²) in [5, 5.41) is 6.53. The number of hydrogen-bond donors (Lipinski definition) is 1. The summed E-state index contributed by atoms with van der Waals surface area (Å²) in [7, 11) is 0. The van der Waals surface area contributed by atoms with Crippen LogP contribution in [0, 0.1) is 0 Å². The molecule has 0 saturated carbocycles. The second-order valence-corrected chi connectivity index (χ2v) is 5.82. The largest absolute Gasteiger partial charge is 0.373 e. The molecular weight excluding hydrogens is 260 g/mol. The van der Waals surface area contributed by atoms with Crippen molar-refractivity contribution in [1.82, 2.24) is 4.98 Å². The van der Waals surface area contributed by atoms with Crippen LogP contribution in [-0.2, 0) is 4.74 Å². The predicted octanol–water partition coefficient (Wildman–Crippen LogP) is 3.62. The number of nitrogens with one attached hydrogen (secondary N) is 1. The molecule has 98 valence electrons. The van der Waals surface area contributed by atoms with E-state index < -0.39 is 0 Å². The van der Waals surface area contributed by atoms with Crippen molar-refractivity contribution >= 4 is 28.2 Å². The number of aromatic nitrogens is 1. The third kappa shape index (κ3) is 1.97. The number of hydrogen-bond acceptors (Lipinski definition) is 3. The fourth-order valence-corrected chi connectivity index (χ4v) is 3.39. The summed E-state index contributed by atoms with van der Waals surface area (Å²) in [6.07, 6.45) is 6.09. The van der Waals surface area contributed by atoms with E-state index >= 15 is 0 Å². The maximum Gasteiger partial charge on any atom is 0.134 e. The Bertz CT molecular complexity index is 631. The number of benzene rings is 1. The first-order valence-electron chi connectivity index (χ1n) is 6.76. The predicted molar refractivity (Wildman–Crippen MR) is 76.7 cm³/mol. The lowest BCUT2D eigenvalue weighted by atomic mass is 9.95. The van der Waals surface area contributed by atoms with Gasteiger partial charge in [0.1, 0.15) is 5.82 Å². The highest BCUT2D eigenvalue weighted by molar-refractivity contribution is 6.31. The molecule has 2 bridgehead atoms. The van der Waals surface area contributed by atoms with Crippen LogP contribution in [0.3, 0.4) is 0 Å². The minimum atomic E-state index is 0.348. The first kappa shape index (κ1) is 11.5. The second kappa shape index (κ2) is 4.36. The Kier molecular flexibility index (Phi) is 2.64. The molecule has 2 aromatic rings.